The molecule has 0 spiro atoms. The lowest BCUT2D eigenvalue weighted by Gasteiger charge is -2.22. The van der Waals surface area contributed by atoms with Gasteiger partial charge in [-0.1, -0.05) is 0 Å². The molecule has 2 aromatic rings. The van der Waals surface area contributed by atoms with Crippen molar-refractivity contribution in [2.24, 2.45) is 0 Å². The van der Waals surface area contributed by atoms with Crippen molar-refractivity contribution in [1.29, 1.82) is 0 Å². The molecule has 1 aliphatic heterocycles. The number of aromatic nitrogens is 3. The molecule has 2 aliphatic rings. The topological polar surface area (TPSA) is 71.9 Å². The molecule has 0 bridgehead atoms. The molecule has 0 saturated heterocycles. The quantitative estimate of drug-likeness (QED) is 0.773. The zero-order valence-electron chi connectivity index (χ0n) is 13.3. The van der Waals surface area contributed by atoms with Gasteiger partial charge in [0.2, 0.25) is 5.91 Å². The van der Waals surface area contributed by atoms with Crippen molar-refractivity contribution < 1.29 is 9.53 Å². The van der Waals surface area contributed by atoms with Gasteiger partial charge in [-0.15, -0.1) is 11.3 Å². The maximum absolute atomic E-state index is 12.2. The largest absolute Gasteiger partial charge is 0.373 e. The van der Waals surface area contributed by atoms with Crippen LogP contribution in [0.2, 0.25) is 0 Å². The number of nitrogens with zero attached hydrogens (tertiary/aromatic N) is 2. The summed E-state index contributed by atoms with van der Waals surface area (Å²) in [5, 5.41) is 12.2. The highest BCUT2D eigenvalue weighted by Crippen LogP contribution is 2.36. The number of thiophene rings is 1. The average Bonchev–Trinajstić information content (AvgIpc) is 3.15. The molecule has 3 heterocycles. The van der Waals surface area contributed by atoms with Crippen molar-refractivity contribution in [3.05, 3.63) is 32.5 Å². The first-order valence-corrected chi connectivity index (χ1v) is 9.61. The molecule has 24 heavy (non-hydrogen) atoms. The lowest BCUT2D eigenvalue weighted by molar-refractivity contribution is -0.124. The number of fused-ring (bicyclic) bond motifs is 1. The Bertz CT molecular complexity index is 790. The van der Waals surface area contributed by atoms with Crippen LogP contribution in [0.3, 0.4) is 0 Å². The molecule has 6 nitrogen and oxygen atoms in total. The molecule has 0 unspecified atom stereocenters. The summed E-state index contributed by atoms with van der Waals surface area (Å²) in [5.41, 5.74) is 1.18. The van der Waals surface area contributed by atoms with Gasteiger partial charge < -0.3 is 14.6 Å². The fourth-order valence-corrected chi connectivity index (χ4v) is 4.39. The van der Waals surface area contributed by atoms with Crippen LogP contribution in [0.4, 0.5) is 0 Å². The van der Waals surface area contributed by atoms with Gasteiger partial charge in [-0.05, 0) is 42.1 Å². The number of hydrogen-bond donors (Lipinski definition) is 2. The number of carbonyl (C=O) groups excluding carboxylic acids is 1. The van der Waals surface area contributed by atoms with Crippen molar-refractivity contribution >= 4 is 29.5 Å². The van der Waals surface area contributed by atoms with Crippen LogP contribution in [0, 0.1) is 4.77 Å². The molecule has 1 saturated carbocycles. The first kappa shape index (κ1) is 16.0. The van der Waals surface area contributed by atoms with E-state index in [4.69, 9.17) is 17.0 Å². The van der Waals surface area contributed by atoms with Gasteiger partial charge in [0.15, 0.2) is 4.77 Å². The third-order valence-electron chi connectivity index (χ3n) is 4.51. The van der Waals surface area contributed by atoms with Crippen molar-refractivity contribution in [3.63, 3.8) is 0 Å². The molecule has 1 amide bonds. The summed E-state index contributed by atoms with van der Waals surface area (Å²) in [6.07, 6.45) is 4.23. The van der Waals surface area contributed by atoms with Gasteiger partial charge in [0, 0.05) is 30.3 Å². The first-order valence-electron chi connectivity index (χ1n) is 8.32. The number of aromatic amines is 1. The minimum absolute atomic E-state index is 0.0196. The van der Waals surface area contributed by atoms with Crippen molar-refractivity contribution in [2.45, 2.75) is 44.2 Å². The smallest absolute Gasteiger partial charge is 0.222 e. The van der Waals surface area contributed by atoms with Gasteiger partial charge in [0.25, 0.3) is 0 Å². The summed E-state index contributed by atoms with van der Waals surface area (Å²) in [5.74, 6) is 0.947. The van der Waals surface area contributed by atoms with E-state index >= 15 is 0 Å². The summed E-state index contributed by atoms with van der Waals surface area (Å²) in [4.78, 5) is 13.6. The van der Waals surface area contributed by atoms with Gasteiger partial charge in [-0.2, -0.15) is 5.10 Å². The van der Waals surface area contributed by atoms with Gasteiger partial charge >= 0.3 is 0 Å². The summed E-state index contributed by atoms with van der Waals surface area (Å²) in [6, 6.07) is 2.57. The van der Waals surface area contributed by atoms with Crippen LogP contribution in [0.5, 0.6) is 0 Å². The lowest BCUT2D eigenvalue weighted by atomic mass is 10.0. The average molecular weight is 364 g/mol. The number of rotatable bonds is 6. The Balaban J connectivity index is 1.30. The second kappa shape index (κ2) is 6.78. The monoisotopic (exact) mass is 364 g/mol. The number of hydrogen-bond acceptors (Lipinski definition) is 5. The highest BCUT2D eigenvalue weighted by Gasteiger charge is 2.27. The molecule has 4 rings (SSSR count). The zero-order chi connectivity index (χ0) is 16.5. The fourth-order valence-electron chi connectivity index (χ4n) is 3.17. The second-order valence-corrected chi connectivity index (χ2v) is 7.65. The van der Waals surface area contributed by atoms with Crippen molar-refractivity contribution in [3.8, 4) is 0 Å². The van der Waals surface area contributed by atoms with Gasteiger partial charge in [0.1, 0.15) is 5.82 Å². The Morgan fingerprint density at radius 1 is 1.54 bits per heavy atom. The van der Waals surface area contributed by atoms with E-state index < -0.39 is 0 Å². The van der Waals surface area contributed by atoms with E-state index in [-0.39, 0.29) is 12.0 Å². The van der Waals surface area contributed by atoms with Crippen LogP contribution >= 0.6 is 23.6 Å². The van der Waals surface area contributed by atoms with E-state index in [1.54, 1.807) is 11.3 Å². The lowest BCUT2D eigenvalue weighted by Crippen LogP contribution is -2.29. The summed E-state index contributed by atoms with van der Waals surface area (Å²) in [7, 11) is 0. The molecular weight excluding hydrogens is 344 g/mol. The maximum atomic E-state index is 12.2. The van der Waals surface area contributed by atoms with Gasteiger partial charge in [-0.25, -0.2) is 0 Å². The molecule has 128 valence electrons. The van der Waals surface area contributed by atoms with E-state index in [2.05, 4.69) is 31.5 Å². The minimum Gasteiger partial charge on any atom is -0.373 e. The van der Waals surface area contributed by atoms with Gasteiger partial charge in [0.05, 0.1) is 19.1 Å². The Hall–Kier alpha value is -1.51. The molecule has 1 fully saturated rings. The number of H-pyrrole nitrogens is 1. The zero-order valence-corrected chi connectivity index (χ0v) is 14.9. The van der Waals surface area contributed by atoms with E-state index in [1.807, 2.05) is 0 Å². The van der Waals surface area contributed by atoms with Crippen molar-refractivity contribution in [1.82, 2.24) is 20.1 Å². The highest BCUT2D eigenvalue weighted by molar-refractivity contribution is 7.71. The summed E-state index contributed by atoms with van der Waals surface area (Å²) in [6.45, 7) is 1.26. The SMILES string of the molecule is O=C(C[C@@H]1OCCc2sccc21)NCCc1n[nH]c(=S)n1C1CC1. The predicted molar refractivity (Wildman–Crippen MR) is 93.7 cm³/mol. The maximum Gasteiger partial charge on any atom is 0.222 e. The molecule has 8 heteroatoms. The van der Waals surface area contributed by atoms with Crippen LogP contribution in [-0.2, 0) is 22.4 Å². The Morgan fingerprint density at radius 3 is 3.25 bits per heavy atom. The van der Waals surface area contributed by atoms with E-state index in [9.17, 15) is 4.79 Å². The summed E-state index contributed by atoms with van der Waals surface area (Å²) >= 11 is 7.02. The number of amides is 1. The highest BCUT2D eigenvalue weighted by atomic mass is 32.1. The van der Waals surface area contributed by atoms with Crippen molar-refractivity contribution in [2.75, 3.05) is 13.2 Å². The Morgan fingerprint density at radius 2 is 2.42 bits per heavy atom. The third-order valence-corrected chi connectivity index (χ3v) is 5.79. The van der Waals surface area contributed by atoms with Gasteiger partial charge in [-0.3, -0.25) is 9.89 Å². The second-order valence-electron chi connectivity index (χ2n) is 6.26. The van der Waals surface area contributed by atoms with E-state index in [0.717, 1.165) is 25.1 Å². The molecule has 0 aromatic carbocycles. The minimum atomic E-state index is -0.110. The molecule has 1 aliphatic carbocycles. The van der Waals surface area contributed by atoms with E-state index in [1.165, 1.54) is 10.4 Å². The fraction of sp³-hybridized carbons (Fsp3) is 0.562. The molecule has 0 radical (unpaired) electrons. The van der Waals surface area contributed by atoms with Crippen LogP contribution in [0.1, 0.15) is 47.7 Å². The molecular formula is C16H20N4O2S2. The normalized spacial score (nSPS) is 19.9. The number of ether oxygens (including phenoxy) is 1. The predicted octanol–water partition coefficient (Wildman–Crippen LogP) is 2.70. The van der Waals surface area contributed by atoms with Crippen LogP contribution in [0.15, 0.2) is 11.4 Å². The first-order chi connectivity index (χ1) is 11.7. The number of nitrogens with one attached hydrogen (secondary N) is 2. The summed E-state index contributed by atoms with van der Waals surface area (Å²) < 4.78 is 8.54. The molecule has 1 atom stereocenters. The Kier molecular flexibility index (Phi) is 4.51. The van der Waals surface area contributed by atoms with E-state index in [0.29, 0.717) is 36.8 Å². The third kappa shape index (κ3) is 3.31. The van der Waals surface area contributed by atoms with Crippen LogP contribution in [0.25, 0.3) is 0 Å². The molecule has 2 aromatic heterocycles. The molecule has 2 N–H and O–H groups in total. The Labute approximate surface area is 149 Å². The van der Waals surface area contributed by atoms with Crippen LogP contribution < -0.4 is 5.32 Å². The number of carbonyl (C=O) groups is 1. The standard InChI is InChI=1S/C16H20N4O2S2/c21-15(9-12-11-5-8-24-13(11)4-7-22-12)17-6-3-14-18-19-16(23)20(14)10-1-2-10/h5,8,10,12H,1-4,6-7,9H2,(H,17,21)(H,19,23)/t12-/m0/s1. The van der Waals surface area contributed by atoms with Crippen LogP contribution in [-0.4, -0.2) is 33.8 Å².